The highest BCUT2D eigenvalue weighted by Gasteiger charge is 2.37. The molecule has 1 aliphatic rings. The third-order valence-corrected chi connectivity index (χ3v) is 24.6. The van der Waals surface area contributed by atoms with E-state index >= 15 is 0 Å². The van der Waals surface area contributed by atoms with E-state index in [1.54, 1.807) is 67.5 Å². The predicted molar refractivity (Wildman–Crippen MR) is 494 cm³/mol. The van der Waals surface area contributed by atoms with Gasteiger partial charge in [-0.3, -0.25) is 54.0 Å². The Morgan fingerprint density at radius 2 is 1.16 bits per heavy atom. The number of carbonyl (C=O) groups is 4. The number of ether oxygens (including phenoxy) is 4. The first-order chi connectivity index (χ1) is 61.7. The van der Waals surface area contributed by atoms with Crippen molar-refractivity contribution in [2.24, 2.45) is 11.8 Å². The van der Waals surface area contributed by atoms with Crippen LogP contribution in [-0.2, 0) is 45.7 Å². The molecule has 4 amide bonds. The van der Waals surface area contributed by atoms with Gasteiger partial charge in [-0.05, 0) is 173 Å². The fourth-order valence-corrected chi connectivity index (χ4v) is 16.0. The zero-order chi connectivity index (χ0) is 92.7. The maximum absolute atomic E-state index is 12.3. The molecule has 7 N–H and O–H groups in total. The number of hydrogen-bond acceptors (Lipinski definition) is 22. The number of anilines is 3. The number of para-hydroxylation sites is 2. The molecule has 0 saturated carbocycles. The van der Waals surface area contributed by atoms with Crippen LogP contribution in [0.5, 0.6) is 23.3 Å². The van der Waals surface area contributed by atoms with Crippen LogP contribution >= 0.6 is 0 Å². The maximum atomic E-state index is 12.3. The molecule has 4 atom stereocenters. The lowest BCUT2D eigenvalue weighted by atomic mass is 10.0. The molecule has 0 radical (unpaired) electrons. The van der Waals surface area contributed by atoms with Crippen molar-refractivity contribution in [3.05, 3.63) is 190 Å². The molecule has 10 aromatic heterocycles. The fourth-order valence-electron chi connectivity index (χ4n) is 14.1. The number of carbonyl (C=O) groups excluding carboxylic acids is 4. The molecule has 39 heteroatoms. The van der Waals surface area contributed by atoms with Gasteiger partial charge in [0, 0.05) is 107 Å². The molecule has 0 aliphatic carbocycles. The summed E-state index contributed by atoms with van der Waals surface area (Å²) in [6.45, 7) is 33.7. The van der Waals surface area contributed by atoms with Crippen LogP contribution in [0.3, 0.4) is 0 Å². The van der Waals surface area contributed by atoms with Gasteiger partial charge in [0.05, 0.1) is 41.5 Å². The number of amides is 4. The number of imide groups is 1. The highest BCUT2D eigenvalue weighted by atomic mass is 32.2. The summed E-state index contributed by atoms with van der Waals surface area (Å²) < 4.78 is 84.4. The smallest absolute Gasteiger partial charge is 0.411 e. The van der Waals surface area contributed by atoms with Crippen molar-refractivity contribution >= 4 is 89.2 Å². The molecule has 4 unspecified atom stereocenters. The van der Waals surface area contributed by atoms with Crippen molar-refractivity contribution in [1.82, 2.24) is 109 Å². The Morgan fingerprint density at radius 1 is 0.589 bits per heavy atom. The van der Waals surface area contributed by atoms with Crippen LogP contribution in [0, 0.1) is 67.2 Å². The SMILES string of the molecule is CCC(=O)NC(C)c1nc2c(C)c(C)[nH]n2n1.CCCCC(CC)COC(=O)Nc1ccc(-c2nc3c(C)c(C)[nH]n3n2)cc1.CCCCS(=O)(=O)N(C)c1ccc(-c2nc3c(C)c(C)[nH]n3n2)cc1.CCn1c(-c2cccc(NS(C)(=O)=O)c2)nn2nc(OCCOc3ccccc3)c(C)c12.Cc1c(Oc2ccccc2)nn2[nH]c(C(C)CN3C(=O)CC(C)C3=O)nc12. The Morgan fingerprint density at radius 3 is 1.70 bits per heavy atom. The fraction of sp³-hybridized carbons (Fsp3) is 0.400. The van der Waals surface area contributed by atoms with E-state index in [2.05, 4.69) is 100 Å². The first-order valence-corrected chi connectivity index (χ1v) is 46.7. The van der Waals surface area contributed by atoms with E-state index < -0.39 is 26.1 Å². The van der Waals surface area contributed by atoms with Crippen LogP contribution in [0.25, 0.3) is 62.4 Å². The van der Waals surface area contributed by atoms with Crippen LogP contribution in [0.2, 0.25) is 0 Å². The lowest BCUT2D eigenvalue weighted by molar-refractivity contribution is -0.139. The van der Waals surface area contributed by atoms with Gasteiger partial charge >= 0.3 is 6.09 Å². The number of fused-ring (bicyclic) bond motifs is 5. The summed E-state index contributed by atoms with van der Waals surface area (Å²) in [5.74, 6) is 5.72. The summed E-state index contributed by atoms with van der Waals surface area (Å²) >= 11 is 0. The van der Waals surface area contributed by atoms with E-state index in [1.807, 2.05) is 198 Å². The third kappa shape index (κ3) is 23.0. The zero-order valence-corrected chi connectivity index (χ0v) is 77.8. The standard InChI is InChI=1S/C22H25N5O4S.C21H29N5O2.C19H21N5O3.C17H23N5O2S.C11H17N5O/c1-4-26-20(17-9-8-10-18(15-17)25-32(3,28)29)23-27-22(26)16(2)21(24-27)31-14-13-30-19-11-6-5-7-12-19;1-5-7-8-16(6-2)13-28-21(27)22-18-11-9-17(10-12-18)19-23-20-14(3)15(4)24-26(20)25-19;1-11-9-15(25)23(19(11)26)10-12(2)16-20-17-13(3)18(22-24(17)21-16)27-14-7-5-4-6-8-14;1-5-6-11-25(23,24)21(4)15-9-7-14(8-10-15)16-18-17-12(2)13(3)19-22(17)20-16;1-5-9(17)12-8(4)10-13-11-6(2)7(3)14-16(11)15-10/h5-12,15,25H,4,13-14H2,1-3H3;9-12,16,24H,5-8,13H2,1-4H3,(H,22,27);4-8,11-12H,9-10H2,1-3H3,(H,20,21);7-10,19H,5-6,11H2,1-4H3;8,14H,5H2,1-4H3,(H,12,17). The summed E-state index contributed by atoms with van der Waals surface area (Å²) in [6, 6.07) is 40.7. The lowest BCUT2D eigenvalue weighted by Crippen LogP contribution is -2.33. The average Bonchev–Trinajstić information content (AvgIpc) is 1.60. The number of sulfonamides is 2. The topological polar surface area (TPSA) is 435 Å². The van der Waals surface area contributed by atoms with Crippen LogP contribution in [0.1, 0.15) is 175 Å². The summed E-state index contributed by atoms with van der Waals surface area (Å²) in [4.78, 5) is 67.0. The number of H-pyrrole nitrogens is 4. The molecule has 0 bridgehead atoms. The van der Waals surface area contributed by atoms with Gasteiger partial charge in [0.25, 0.3) is 0 Å². The number of likely N-dealkylation sites (tertiary alicyclic amines) is 1. The van der Waals surface area contributed by atoms with Crippen LogP contribution < -0.4 is 33.9 Å². The zero-order valence-electron chi connectivity index (χ0n) is 76.2. The molecular weight excluding hydrogens is 1690 g/mol. The minimum Gasteiger partial charge on any atom is -0.490 e. The monoisotopic (exact) mass is 1800 g/mol. The van der Waals surface area contributed by atoms with E-state index in [0.717, 1.165) is 122 Å². The Bertz CT molecular complexity index is 6620. The first-order valence-electron chi connectivity index (χ1n) is 43.2. The number of aromatic amines is 4. The number of nitrogens with zero attached hydrogens (tertiary/aromatic N) is 18. The maximum Gasteiger partial charge on any atom is 0.411 e. The van der Waals surface area contributed by atoms with Gasteiger partial charge in [-0.1, -0.05) is 116 Å². The minimum absolute atomic E-state index is 0.00358. The van der Waals surface area contributed by atoms with Gasteiger partial charge < -0.3 is 28.8 Å². The number of rotatable bonds is 31. The van der Waals surface area contributed by atoms with Gasteiger partial charge in [-0.25, -0.2) is 41.6 Å². The summed E-state index contributed by atoms with van der Waals surface area (Å²) in [6.07, 6.45) is 7.42. The van der Waals surface area contributed by atoms with Gasteiger partial charge in [0.2, 0.25) is 49.5 Å². The number of aryl methyl sites for hydroxylation is 9. The quantitative estimate of drug-likeness (QED) is 0.0157. The Labute approximate surface area is 748 Å². The van der Waals surface area contributed by atoms with E-state index in [-0.39, 0.29) is 47.8 Å². The molecule has 684 valence electrons. The molecule has 5 aromatic carbocycles. The Balaban J connectivity index is 0.000000148. The second-order valence-electron chi connectivity index (χ2n) is 32.0. The highest BCUT2D eigenvalue weighted by molar-refractivity contribution is 7.92. The number of unbranched alkanes of at least 4 members (excludes halogenated alkanes) is 2. The largest absolute Gasteiger partial charge is 0.490 e. The second kappa shape index (κ2) is 41.8. The number of aromatic nitrogens is 20. The Kier molecular flexibility index (Phi) is 30.6. The molecule has 1 saturated heterocycles. The molecule has 37 nitrogen and oxygen atoms in total. The van der Waals surface area contributed by atoms with Gasteiger partial charge in [-0.15, -0.1) is 35.2 Å². The molecular formula is C90H115N25O12S2. The minimum atomic E-state index is -3.37. The normalized spacial score (nSPS) is 13.4. The average molecular weight is 1800 g/mol. The van der Waals surface area contributed by atoms with E-state index in [9.17, 15) is 36.0 Å². The summed E-state index contributed by atoms with van der Waals surface area (Å²) in [5.41, 5.74) is 16.3. The summed E-state index contributed by atoms with van der Waals surface area (Å²) in [5, 5.41) is 44.9. The highest BCUT2D eigenvalue weighted by Crippen LogP contribution is 2.33. The van der Waals surface area contributed by atoms with E-state index in [1.165, 1.54) is 15.6 Å². The van der Waals surface area contributed by atoms with Crippen molar-refractivity contribution in [3.63, 3.8) is 0 Å². The van der Waals surface area contributed by atoms with Crippen molar-refractivity contribution in [2.75, 3.05) is 59.8 Å². The number of nitrogens with one attached hydrogen (secondary N) is 7. The third-order valence-electron chi connectivity index (χ3n) is 22.1. The number of hydrogen-bond donors (Lipinski definition) is 7. The summed E-state index contributed by atoms with van der Waals surface area (Å²) in [7, 11) is -5.06. The molecule has 16 rings (SSSR count). The molecule has 1 aliphatic heterocycles. The molecule has 15 aromatic rings. The van der Waals surface area contributed by atoms with E-state index in [0.29, 0.717) is 121 Å². The van der Waals surface area contributed by atoms with Gasteiger partial charge in [-0.2, -0.15) is 18.5 Å². The second-order valence-corrected chi connectivity index (χ2v) is 35.9. The molecule has 11 heterocycles. The molecule has 0 spiro atoms. The Hall–Kier alpha value is -13.7. The van der Waals surface area contributed by atoms with Crippen molar-refractivity contribution in [1.29, 1.82) is 0 Å². The molecule has 1 fully saturated rings. The van der Waals surface area contributed by atoms with Crippen molar-refractivity contribution in [2.45, 2.75) is 181 Å². The van der Waals surface area contributed by atoms with Gasteiger partial charge in [0.15, 0.2) is 51.5 Å². The van der Waals surface area contributed by atoms with Gasteiger partial charge in [0.1, 0.15) is 30.5 Å². The van der Waals surface area contributed by atoms with Crippen LogP contribution in [0.4, 0.5) is 21.9 Å². The van der Waals surface area contributed by atoms with Crippen LogP contribution in [-0.4, -0.2) is 190 Å². The number of benzene rings is 5. The predicted octanol–water partition coefficient (Wildman–Crippen LogP) is 15.3. The van der Waals surface area contributed by atoms with Crippen molar-refractivity contribution < 1.29 is 55.0 Å². The van der Waals surface area contributed by atoms with Crippen LogP contribution in [0.15, 0.2) is 133 Å². The van der Waals surface area contributed by atoms with E-state index in [4.69, 9.17) is 18.9 Å². The molecule has 129 heavy (non-hydrogen) atoms. The van der Waals surface area contributed by atoms with Crippen molar-refractivity contribution in [3.8, 4) is 57.4 Å². The lowest BCUT2D eigenvalue weighted by Gasteiger charge is -2.19. The first kappa shape index (κ1) is 94.4.